The van der Waals surface area contributed by atoms with Crippen LogP contribution in [0.25, 0.3) is 22.3 Å². The van der Waals surface area contributed by atoms with Crippen LogP contribution in [0, 0.1) is 25.7 Å². The molecule has 356 valence electrons. The van der Waals surface area contributed by atoms with Gasteiger partial charge < -0.3 is 19.7 Å². The number of carbonyl (C=O) groups excluding carboxylic acids is 2. The molecule has 4 aliphatic rings. The quantitative estimate of drug-likeness (QED) is 0.0994. The molecule has 2 saturated carbocycles. The van der Waals surface area contributed by atoms with Gasteiger partial charge in [0.05, 0.1) is 34.9 Å². The number of Topliss-reactive ketones (excluding diaryl/α,β-unsaturated/α-hetero) is 2. The van der Waals surface area contributed by atoms with E-state index in [0.29, 0.717) is 96.6 Å². The van der Waals surface area contributed by atoms with Gasteiger partial charge in [0, 0.05) is 46.9 Å². The van der Waals surface area contributed by atoms with E-state index >= 15 is 0 Å². The van der Waals surface area contributed by atoms with Crippen LogP contribution in [0.5, 0.6) is 11.5 Å². The number of hydrogen-bond donors (Lipinski definition) is 2. The zero-order valence-electron chi connectivity index (χ0n) is 38.0. The van der Waals surface area contributed by atoms with Gasteiger partial charge in [-0.2, -0.15) is 0 Å². The van der Waals surface area contributed by atoms with Crippen LogP contribution in [0.2, 0.25) is 0 Å². The van der Waals surface area contributed by atoms with Gasteiger partial charge >= 0.3 is 0 Å². The minimum atomic E-state index is -3.50. The number of aromatic nitrogens is 4. The molecule has 68 heavy (non-hydrogen) atoms. The van der Waals surface area contributed by atoms with Gasteiger partial charge in [0.15, 0.2) is 31.2 Å². The standard InChI is InChI=1S/2C25H26N2O5S2/c2*1-15-26-27-23(33-15)12-17-13-32-22-11-16(7-8-20(22)24(17)29)18-5-3-4-6-19(18)21(28)14-34(30,31)25(2)9-10-25/h2*3-8,11,17,24,29H,9-10,12-14H2,1-2H3/t2*17-,24+/m10/s1. The molecule has 2 N–H and O–H groups in total. The van der Waals surface area contributed by atoms with Crippen molar-refractivity contribution in [2.45, 2.75) is 87.9 Å². The molecule has 2 aliphatic carbocycles. The summed E-state index contributed by atoms with van der Waals surface area (Å²) in [4.78, 5) is 26.1. The predicted octanol–water partition coefficient (Wildman–Crippen LogP) is 7.90. The van der Waals surface area contributed by atoms with Crippen LogP contribution >= 0.6 is 22.7 Å². The normalized spacial score (nSPS) is 20.9. The monoisotopic (exact) mass is 996 g/mol. The first-order valence-corrected chi connectivity index (χ1v) is 27.4. The average molecular weight is 997 g/mol. The number of nitrogens with zero attached hydrogens (tertiary/aromatic N) is 4. The van der Waals surface area contributed by atoms with Crippen molar-refractivity contribution in [3.8, 4) is 33.8 Å². The van der Waals surface area contributed by atoms with Crippen molar-refractivity contribution in [1.29, 1.82) is 0 Å². The second-order valence-corrected chi connectivity index (χ2v) is 26.3. The van der Waals surface area contributed by atoms with E-state index in [1.54, 1.807) is 50.2 Å². The summed E-state index contributed by atoms with van der Waals surface area (Å²) in [7, 11) is -7.00. The molecule has 0 unspecified atom stereocenters. The average Bonchev–Trinajstić information content (AvgIpc) is 4.18. The molecule has 4 heterocycles. The fourth-order valence-electron chi connectivity index (χ4n) is 8.64. The zero-order valence-corrected chi connectivity index (χ0v) is 41.3. The van der Waals surface area contributed by atoms with Crippen LogP contribution in [0.3, 0.4) is 0 Å². The molecule has 2 aliphatic heterocycles. The number of aryl methyl sites for hydroxylation is 2. The summed E-state index contributed by atoms with van der Waals surface area (Å²) in [6, 6.07) is 25.0. The minimum Gasteiger partial charge on any atom is -0.493 e. The fourth-order valence-corrected chi connectivity index (χ4v) is 13.4. The SMILES string of the molecule is Cc1nnc(C[C@@H]2COc3cc(-c4ccccc4C(=O)CS(=O)(=O)C4(C)CC4)ccc3[C@H]2O)s1.Cc1nnc(C[C@H]2COc3cc(-c4ccccc4C(=O)CS(=O)(=O)C4(C)CC4)ccc3[C@@H]2O)s1. The van der Waals surface area contributed by atoms with Gasteiger partial charge in [-0.15, -0.1) is 43.1 Å². The Balaban J connectivity index is 0.000000170. The summed E-state index contributed by atoms with van der Waals surface area (Å²) in [5.74, 6) is -0.933. The molecule has 4 aromatic carbocycles. The Kier molecular flexibility index (Phi) is 13.1. The molecule has 14 nitrogen and oxygen atoms in total. The van der Waals surface area contributed by atoms with Crippen LogP contribution in [0.15, 0.2) is 84.9 Å². The summed E-state index contributed by atoms with van der Waals surface area (Å²) < 4.78 is 61.1. The highest BCUT2D eigenvalue weighted by molar-refractivity contribution is 7.94. The number of rotatable bonds is 14. The number of benzene rings is 4. The minimum absolute atomic E-state index is 0.131. The predicted molar refractivity (Wildman–Crippen MR) is 260 cm³/mol. The molecule has 0 saturated heterocycles. The molecule has 6 aromatic rings. The highest BCUT2D eigenvalue weighted by atomic mass is 32.2. The van der Waals surface area contributed by atoms with Gasteiger partial charge in [-0.05, 0) is 87.8 Å². The fraction of sp³-hybridized carbons (Fsp3) is 0.400. The molecule has 0 radical (unpaired) electrons. The van der Waals surface area contributed by atoms with Crippen molar-refractivity contribution < 1.29 is 46.1 Å². The Bertz CT molecular complexity index is 2930. The van der Waals surface area contributed by atoms with E-state index in [1.165, 1.54) is 22.7 Å². The zero-order chi connectivity index (χ0) is 48.2. The van der Waals surface area contributed by atoms with Crippen molar-refractivity contribution in [2.75, 3.05) is 24.7 Å². The van der Waals surface area contributed by atoms with Crippen molar-refractivity contribution in [1.82, 2.24) is 20.4 Å². The van der Waals surface area contributed by atoms with E-state index in [9.17, 15) is 36.6 Å². The van der Waals surface area contributed by atoms with Gasteiger partial charge in [0.2, 0.25) is 0 Å². The number of ketones is 2. The van der Waals surface area contributed by atoms with Gasteiger partial charge in [-0.1, -0.05) is 72.8 Å². The number of aliphatic hydroxyl groups excluding tert-OH is 2. The summed E-state index contributed by atoms with van der Waals surface area (Å²) in [5, 5.41) is 41.8. The Hall–Kier alpha value is -5.24. The maximum absolute atomic E-state index is 13.0. The number of fused-ring (bicyclic) bond motifs is 2. The van der Waals surface area contributed by atoms with Crippen LogP contribution in [-0.2, 0) is 32.5 Å². The van der Waals surface area contributed by atoms with Crippen molar-refractivity contribution in [3.05, 3.63) is 127 Å². The molecule has 2 fully saturated rings. The number of sulfone groups is 2. The Morgan fingerprint density at radius 1 is 0.603 bits per heavy atom. The highest BCUT2D eigenvalue weighted by Gasteiger charge is 2.51. The topological polar surface area (TPSA) is 213 Å². The Labute approximate surface area is 403 Å². The van der Waals surface area contributed by atoms with E-state index in [-0.39, 0.29) is 11.8 Å². The summed E-state index contributed by atoms with van der Waals surface area (Å²) in [5.41, 5.74) is 4.90. The second kappa shape index (κ2) is 18.6. The summed E-state index contributed by atoms with van der Waals surface area (Å²) in [6.07, 6.45) is 2.18. The maximum atomic E-state index is 13.0. The number of aliphatic hydroxyl groups is 2. The first-order valence-electron chi connectivity index (χ1n) is 22.5. The molecule has 0 bridgehead atoms. The number of ether oxygens (including phenoxy) is 2. The first kappa shape index (κ1) is 47.8. The first-order chi connectivity index (χ1) is 32.3. The smallest absolute Gasteiger partial charge is 0.178 e. The molecule has 0 amide bonds. The molecule has 18 heteroatoms. The van der Waals surface area contributed by atoms with E-state index in [2.05, 4.69) is 20.4 Å². The highest BCUT2D eigenvalue weighted by Crippen LogP contribution is 2.46. The van der Waals surface area contributed by atoms with E-state index in [1.807, 2.05) is 62.4 Å². The van der Waals surface area contributed by atoms with E-state index < -0.39 is 64.4 Å². The van der Waals surface area contributed by atoms with Gasteiger partial charge in [0.1, 0.15) is 43.0 Å². The van der Waals surface area contributed by atoms with Crippen molar-refractivity contribution in [2.24, 2.45) is 11.8 Å². The molecular weight excluding hydrogens is 945 g/mol. The number of carbonyl (C=O) groups is 2. The van der Waals surface area contributed by atoms with Gasteiger partial charge in [0.25, 0.3) is 0 Å². The lowest BCUT2D eigenvalue weighted by molar-refractivity contribution is 0.0505. The summed E-state index contributed by atoms with van der Waals surface area (Å²) >= 11 is 3.03. The van der Waals surface area contributed by atoms with Crippen molar-refractivity contribution in [3.63, 3.8) is 0 Å². The lowest BCUT2D eigenvalue weighted by Crippen LogP contribution is -2.28. The summed E-state index contributed by atoms with van der Waals surface area (Å²) in [6.45, 7) is 7.88. The van der Waals surface area contributed by atoms with Crippen LogP contribution < -0.4 is 9.47 Å². The van der Waals surface area contributed by atoms with Crippen LogP contribution in [0.4, 0.5) is 0 Å². The largest absolute Gasteiger partial charge is 0.493 e. The van der Waals surface area contributed by atoms with Gasteiger partial charge in [-0.3, -0.25) is 9.59 Å². The molecular formula is C50H52N4O10S4. The molecule has 0 spiro atoms. The van der Waals surface area contributed by atoms with Crippen LogP contribution in [-0.4, -0.2) is 93.2 Å². The Morgan fingerprint density at radius 2 is 0.985 bits per heavy atom. The lowest BCUT2D eigenvalue weighted by atomic mass is 9.89. The lowest BCUT2D eigenvalue weighted by Gasteiger charge is -2.30. The maximum Gasteiger partial charge on any atom is 0.178 e. The molecule has 2 aromatic heterocycles. The third-order valence-electron chi connectivity index (χ3n) is 13.6. The van der Waals surface area contributed by atoms with E-state index in [4.69, 9.17) is 9.47 Å². The van der Waals surface area contributed by atoms with Crippen LogP contribution in [0.1, 0.15) is 104 Å². The third kappa shape index (κ3) is 9.81. The second-order valence-electron chi connectivity index (χ2n) is 18.7. The van der Waals surface area contributed by atoms with Crippen molar-refractivity contribution >= 4 is 53.9 Å². The Morgan fingerprint density at radius 3 is 1.34 bits per heavy atom. The number of hydrogen-bond acceptors (Lipinski definition) is 16. The molecule has 4 atom stereocenters. The van der Waals surface area contributed by atoms with Gasteiger partial charge in [-0.25, -0.2) is 16.8 Å². The molecule has 10 rings (SSSR count). The third-order valence-corrected chi connectivity index (χ3v) is 20.4. The van der Waals surface area contributed by atoms with E-state index in [0.717, 1.165) is 31.2 Å².